The number of aromatic hydroxyl groups is 1. The molecule has 0 fully saturated rings. The number of aryl methyl sites for hydroxylation is 2. The maximum Gasteiger partial charge on any atom is 0.398 e. The van der Waals surface area contributed by atoms with E-state index in [9.17, 15) is 49.4 Å². The first-order chi connectivity index (χ1) is 19.3. The van der Waals surface area contributed by atoms with Gasteiger partial charge in [-0.1, -0.05) is 23.2 Å². The van der Waals surface area contributed by atoms with Crippen molar-refractivity contribution in [3.8, 4) is 11.5 Å². The zero-order valence-electron chi connectivity index (χ0n) is 21.3. The highest BCUT2D eigenvalue weighted by Crippen LogP contribution is 2.37. The van der Waals surface area contributed by atoms with Gasteiger partial charge in [-0.2, -0.15) is 26.3 Å². The van der Waals surface area contributed by atoms with Gasteiger partial charge in [0.1, 0.15) is 11.5 Å². The first-order valence-corrected chi connectivity index (χ1v) is 14.0. The molecule has 0 spiro atoms. The van der Waals surface area contributed by atoms with Crippen LogP contribution in [0.2, 0.25) is 10.0 Å². The highest BCUT2D eigenvalue weighted by molar-refractivity contribution is 7.99. The normalized spacial score (nSPS) is 11.6. The Hall–Kier alpha value is -2.42. The molecular weight excluding hydrogens is 666 g/mol. The lowest BCUT2D eigenvalue weighted by Crippen LogP contribution is -2.13. The summed E-state index contributed by atoms with van der Waals surface area (Å²) in [5.41, 5.74) is 0.643. The van der Waals surface area contributed by atoms with Gasteiger partial charge in [0.15, 0.2) is 29.8 Å². The summed E-state index contributed by atoms with van der Waals surface area (Å²) in [4.78, 5) is 12.6. The molecule has 0 aromatic heterocycles. The Kier molecular flexibility index (Phi) is 12.6. The van der Waals surface area contributed by atoms with Crippen LogP contribution in [0.4, 0.5) is 39.5 Å². The topological polar surface area (TPSA) is 46.5 Å². The summed E-state index contributed by atoms with van der Waals surface area (Å²) in [6, 6.07) is 6.34. The number of hydrogen-bond acceptors (Lipinski definition) is 5. The van der Waals surface area contributed by atoms with Crippen molar-refractivity contribution in [3.63, 3.8) is 0 Å². The maximum atomic E-state index is 13.2. The van der Waals surface area contributed by atoms with Crippen LogP contribution in [0.1, 0.15) is 21.5 Å². The number of Topliss-reactive ketones (excluding diaryl/α,β-unsaturated/α-hetero) is 1. The first kappa shape index (κ1) is 35.8. The SMILES string of the molecule is Cc1cc(Cl)c(O)cc1SCC(F)(F)F.Cc1cc(Cl)c(OCC(=O)c2cc(F)c(F)c(F)c2)cc1SCC(F)(F)F. The van der Waals surface area contributed by atoms with Gasteiger partial charge in [-0.25, -0.2) is 13.2 Å². The fourth-order valence-electron chi connectivity index (χ4n) is 2.96. The molecule has 0 bridgehead atoms. The lowest BCUT2D eigenvalue weighted by molar-refractivity contribution is -0.106. The van der Waals surface area contributed by atoms with Crippen molar-refractivity contribution in [2.45, 2.75) is 36.0 Å². The lowest BCUT2D eigenvalue weighted by Gasteiger charge is -2.13. The lowest BCUT2D eigenvalue weighted by atomic mass is 10.1. The molecule has 0 aliphatic heterocycles. The third-order valence-corrected chi connectivity index (χ3v) is 7.96. The monoisotopic (exact) mass is 684 g/mol. The molecule has 0 saturated carbocycles. The van der Waals surface area contributed by atoms with E-state index in [1.807, 2.05) is 0 Å². The van der Waals surface area contributed by atoms with E-state index in [1.54, 1.807) is 13.8 Å². The highest BCUT2D eigenvalue weighted by Gasteiger charge is 2.28. The molecule has 3 rings (SSSR count). The number of rotatable bonds is 8. The maximum absolute atomic E-state index is 13.2. The Morgan fingerprint density at radius 1 is 0.786 bits per heavy atom. The molecule has 0 saturated heterocycles. The van der Waals surface area contributed by atoms with E-state index in [2.05, 4.69) is 0 Å². The van der Waals surface area contributed by atoms with Gasteiger partial charge in [-0.3, -0.25) is 4.79 Å². The molecule has 0 amide bonds. The number of benzene rings is 3. The van der Waals surface area contributed by atoms with Gasteiger partial charge in [-0.15, -0.1) is 23.5 Å². The van der Waals surface area contributed by atoms with Crippen LogP contribution >= 0.6 is 46.7 Å². The van der Waals surface area contributed by atoms with Crippen LogP contribution < -0.4 is 4.74 Å². The molecule has 42 heavy (non-hydrogen) atoms. The van der Waals surface area contributed by atoms with Crippen molar-refractivity contribution in [1.29, 1.82) is 0 Å². The van der Waals surface area contributed by atoms with Crippen LogP contribution in [0, 0.1) is 31.3 Å². The number of thioether (sulfide) groups is 2. The summed E-state index contributed by atoms with van der Waals surface area (Å²) in [5.74, 6) is -8.00. The van der Waals surface area contributed by atoms with Crippen molar-refractivity contribution in [3.05, 3.63) is 80.6 Å². The van der Waals surface area contributed by atoms with Gasteiger partial charge in [0, 0.05) is 15.4 Å². The Balaban J connectivity index is 0.000000347. The van der Waals surface area contributed by atoms with E-state index in [0.29, 0.717) is 51.7 Å². The highest BCUT2D eigenvalue weighted by atomic mass is 35.5. The van der Waals surface area contributed by atoms with Crippen LogP contribution in [0.15, 0.2) is 46.2 Å². The summed E-state index contributed by atoms with van der Waals surface area (Å²) in [5, 5.41) is 9.42. The molecule has 230 valence electrons. The Labute approximate surface area is 252 Å². The largest absolute Gasteiger partial charge is 0.506 e. The van der Waals surface area contributed by atoms with Crippen LogP contribution in [-0.4, -0.2) is 41.4 Å². The minimum Gasteiger partial charge on any atom is -0.506 e. The van der Waals surface area contributed by atoms with Crippen molar-refractivity contribution < 1.29 is 54.2 Å². The molecular formula is C26H19Cl2F9O3S2. The second kappa shape index (κ2) is 14.8. The first-order valence-electron chi connectivity index (χ1n) is 11.3. The summed E-state index contributed by atoms with van der Waals surface area (Å²) < 4.78 is 117. The molecule has 0 aliphatic carbocycles. The molecule has 0 atom stereocenters. The molecule has 1 N–H and O–H groups in total. The Morgan fingerprint density at radius 2 is 1.24 bits per heavy atom. The number of hydrogen-bond donors (Lipinski definition) is 1. The van der Waals surface area contributed by atoms with Crippen molar-refractivity contribution >= 4 is 52.5 Å². The van der Waals surface area contributed by atoms with Crippen LogP contribution in [-0.2, 0) is 0 Å². The third-order valence-electron chi connectivity index (χ3n) is 4.92. The molecule has 0 unspecified atom stereocenters. The molecule has 0 aliphatic rings. The van der Waals surface area contributed by atoms with Gasteiger partial charge in [0.2, 0.25) is 0 Å². The van der Waals surface area contributed by atoms with E-state index in [-0.39, 0.29) is 26.4 Å². The predicted molar refractivity (Wildman–Crippen MR) is 144 cm³/mol. The van der Waals surface area contributed by atoms with Crippen molar-refractivity contribution in [2.75, 3.05) is 18.1 Å². The Morgan fingerprint density at radius 3 is 1.71 bits per heavy atom. The van der Waals surface area contributed by atoms with Crippen molar-refractivity contribution in [1.82, 2.24) is 0 Å². The van der Waals surface area contributed by atoms with E-state index in [4.69, 9.17) is 27.9 Å². The second-order valence-corrected chi connectivity index (χ2v) is 11.2. The number of ether oxygens (including phenoxy) is 1. The number of carbonyl (C=O) groups excluding carboxylic acids is 1. The zero-order valence-corrected chi connectivity index (χ0v) is 24.5. The third kappa shape index (κ3) is 11.3. The fourth-order valence-corrected chi connectivity index (χ4v) is 5.05. The van der Waals surface area contributed by atoms with E-state index < -0.39 is 59.3 Å². The molecule has 3 aromatic carbocycles. The summed E-state index contributed by atoms with van der Waals surface area (Å²) in [6.07, 6.45) is -8.59. The van der Waals surface area contributed by atoms with E-state index in [0.717, 1.165) is 0 Å². The summed E-state index contributed by atoms with van der Waals surface area (Å²) in [6.45, 7) is 2.50. The average Bonchev–Trinajstić information content (AvgIpc) is 2.86. The predicted octanol–water partition coefficient (Wildman–Crippen LogP) is 9.99. The smallest absolute Gasteiger partial charge is 0.398 e. The van der Waals surface area contributed by atoms with Gasteiger partial charge < -0.3 is 9.84 Å². The molecule has 16 heteroatoms. The standard InChI is InChI=1S/C17H11ClF6O2S.C9H8ClF3OS/c1-8-2-10(18)14(5-15(8)27-7-17(22,23)24)26-6-13(25)9-3-11(19)16(21)12(20)4-9;1-5-2-6(10)7(14)3-8(5)15-4-9(11,12)13/h2-5H,6-7H2,1H3;2-3,14H,4H2,1H3. The van der Waals surface area contributed by atoms with Gasteiger partial charge in [0.25, 0.3) is 0 Å². The van der Waals surface area contributed by atoms with Crippen LogP contribution in [0.3, 0.4) is 0 Å². The van der Waals surface area contributed by atoms with Crippen molar-refractivity contribution in [2.24, 2.45) is 0 Å². The van der Waals surface area contributed by atoms with E-state index >= 15 is 0 Å². The van der Waals surface area contributed by atoms with Gasteiger partial charge >= 0.3 is 12.4 Å². The number of phenols is 1. The minimum absolute atomic E-state index is 0.0492. The fraction of sp³-hybridized carbons (Fsp3) is 0.269. The number of phenolic OH excluding ortho intramolecular Hbond substituents is 1. The minimum atomic E-state index is -4.37. The number of halogens is 11. The van der Waals surface area contributed by atoms with Crippen LogP contribution in [0.25, 0.3) is 0 Å². The number of ketones is 1. The number of alkyl halides is 6. The van der Waals surface area contributed by atoms with Gasteiger partial charge in [-0.05, 0) is 61.4 Å². The molecule has 0 heterocycles. The molecule has 3 nitrogen and oxygen atoms in total. The molecule has 3 aromatic rings. The Bertz CT molecular complexity index is 1410. The summed E-state index contributed by atoms with van der Waals surface area (Å²) in [7, 11) is 0. The van der Waals surface area contributed by atoms with E-state index in [1.165, 1.54) is 24.3 Å². The molecule has 0 radical (unpaired) electrons. The second-order valence-electron chi connectivity index (χ2n) is 8.39. The van der Waals surface area contributed by atoms with Gasteiger partial charge in [0.05, 0.1) is 21.6 Å². The number of carbonyl (C=O) groups is 1. The average molecular weight is 685 g/mol. The van der Waals surface area contributed by atoms with Crippen LogP contribution in [0.5, 0.6) is 11.5 Å². The summed E-state index contributed by atoms with van der Waals surface area (Å²) >= 11 is 12.7. The quantitative estimate of drug-likeness (QED) is 0.111. The zero-order chi connectivity index (χ0) is 32.0.